The Morgan fingerprint density at radius 3 is 2.86 bits per heavy atom. The molecule has 0 saturated carbocycles. The number of carbonyl (C=O) groups is 1. The first-order valence-corrected chi connectivity index (χ1v) is 7.58. The number of rotatable bonds is 3. The first kappa shape index (κ1) is 14.5. The number of carbonyl (C=O) groups excluding carboxylic acids is 1. The van der Waals surface area contributed by atoms with Gasteiger partial charge in [-0.15, -0.1) is 0 Å². The zero-order valence-corrected chi connectivity index (χ0v) is 12.9. The second kappa shape index (κ2) is 5.77. The Morgan fingerprint density at radius 1 is 1.43 bits per heavy atom. The number of aromatic nitrogens is 1. The van der Waals surface area contributed by atoms with Crippen LogP contribution in [0.15, 0.2) is 10.8 Å². The van der Waals surface area contributed by atoms with Crippen molar-refractivity contribution in [3.8, 4) is 0 Å². The van der Waals surface area contributed by atoms with E-state index in [2.05, 4.69) is 30.9 Å². The normalized spacial score (nSPS) is 29.5. The number of oxazole rings is 1. The molecule has 1 aromatic rings. The fourth-order valence-electron chi connectivity index (χ4n) is 3.37. The minimum Gasteiger partial charge on any atom is -0.445 e. The molecule has 1 amide bonds. The highest BCUT2D eigenvalue weighted by atomic mass is 16.5. The van der Waals surface area contributed by atoms with Crippen molar-refractivity contribution in [2.45, 2.75) is 31.9 Å². The fourth-order valence-corrected chi connectivity index (χ4v) is 3.37. The van der Waals surface area contributed by atoms with Crippen LogP contribution in [0.25, 0.3) is 0 Å². The smallest absolute Gasteiger partial charge is 0.276 e. The third-order valence-corrected chi connectivity index (χ3v) is 4.54. The molecule has 0 unspecified atom stereocenters. The van der Waals surface area contributed by atoms with Crippen LogP contribution < -0.4 is 0 Å². The summed E-state index contributed by atoms with van der Waals surface area (Å²) in [5, 5.41) is 0. The predicted molar refractivity (Wildman–Crippen MR) is 77.0 cm³/mol. The van der Waals surface area contributed by atoms with Crippen LogP contribution >= 0.6 is 0 Å². The lowest BCUT2D eigenvalue weighted by molar-refractivity contribution is 0.0737. The van der Waals surface area contributed by atoms with Gasteiger partial charge < -0.3 is 19.0 Å². The molecule has 3 atom stereocenters. The molecule has 2 aliphatic rings. The Morgan fingerprint density at radius 2 is 2.24 bits per heavy atom. The van der Waals surface area contributed by atoms with Crippen molar-refractivity contribution in [2.75, 3.05) is 33.8 Å². The lowest BCUT2D eigenvalue weighted by Crippen LogP contribution is -2.36. The van der Waals surface area contributed by atoms with Gasteiger partial charge in [-0.3, -0.25) is 4.79 Å². The maximum Gasteiger partial charge on any atom is 0.276 e. The highest BCUT2D eigenvalue weighted by Gasteiger charge is 2.37. The summed E-state index contributed by atoms with van der Waals surface area (Å²) in [4.78, 5) is 20.9. The summed E-state index contributed by atoms with van der Waals surface area (Å²) in [5.41, 5.74) is 0.425. The maximum atomic E-state index is 12.7. The Kier molecular flexibility index (Phi) is 3.99. The molecule has 2 fully saturated rings. The number of hydrogen-bond donors (Lipinski definition) is 0. The van der Waals surface area contributed by atoms with Crippen molar-refractivity contribution in [3.63, 3.8) is 0 Å². The quantitative estimate of drug-likeness (QED) is 0.846. The minimum absolute atomic E-state index is 0.0366. The first-order chi connectivity index (χ1) is 10.1. The largest absolute Gasteiger partial charge is 0.445 e. The van der Waals surface area contributed by atoms with E-state index in [9.17, 15) is 4.79 Å². The molecule has 116 valence electrons. The van der Waals surface area contributed by atoms with E-state index < -0.39 is 0 Å². The number of ether oxygens (including phenoxy) is 1. The van der Waals surface area contributed by atoms with Gasteiger partial charge >= 0.3 is 0 Å². The summed E-state index contributed by atoms with van der Waals surface area (Å²) in [6, 6.07) is 0.395. The second-order valence-electron chi connectivity index (χ2n) is 6.29. The number of likely N-dealkylation sites (N-methyl/N-ethyl adjacent to an activating group) is 1. The van der Waals surface area contributed by atoms with Gasteiger partial charge in [0.05, 0.1) is 0 Å². The first-order valence-electron chi connectivity index (χ1n) is 7.58. The Hall–Kier alpha value is -1.40. The molecule has 6 heteroatoms. The van der Waals surface area contributed by atoms with E-state index in [1.807, 2.05) is 4.90 Å². The van der Waals surface area contributed by atoms with Crippen molar-refractivity contribution in [3.05, 3.63) is 17.8 Å². The molecule has 0 aromatic carbocycles. The van der Waals surface area contributed by atoms with Gasteiger partial charge in [-0.2, -0.15) is 0 Å². The van der Waals surface area contributed by atoms with Crippen LogP contribution in [0.3, 0.4) is 0 Å². The summed E-state index contributed by atoms with van der Waals surface area (Å²) in [6.45, 7) is 4.41. The average Bonchev–Trinajstić information content (AvgIpc) is 3.17. The summed E-state index contributed by atoms with van der Waals surface area (Å²) < 4.78 is 11.1. The molecule has 6 nitrogen and oxygen atoms in total. The molecule has 0 radical (unpaired) electrons. The Labute approximate surface area is 125 Å². The van der Waals surface area contributed by atoms with Crippen molar-refractivity contribution >= 4 is 5.91 Å². The topological polar surface area (TPSA) is 58.8 Å². The molecule has 0 spiro atoms. The van der Waals surface area contributed by atoms with E-state index in [-0.39, 0.29) is 12.0 Å². The van der Waals surface area contributed by atoms with E-state index in [0.29, 0.717) is 23.4 Å². The third-order valence-electron chi connectivity index (χ3n) is 4.54. The average molecular weight is 293 g/mol. The number of nitrogens with zero attached hydrogens (tertiary/aromatic N) is 3. The number of hydrogen-bond acceptors (Lipinski definition) is 5. The second-order valence-corrected chi connectivity index (χ2v) is 6.29. The molecule has 0 aliphatic carbocycles. The standard InChI is InChI=1S/C15H23N3O3/c1-10-7-18(8-11(10)17(2)3)15(19)13-14(21-9-16-13)12-5-4-6-20-12/h9-12H,4-8H2,1-3H3/t10-,11+,12-/m1/s1. The van der Waals surface area contributed by atoms with Gasteiger partial charge in [0.25, 0.3) is 5.91 Å². The fraction of sp³-hybridized carbons (Fsp3) is 0.733. The van der Waals surface area contributed by atoms with Crippen LogP contribution in [0.1, 0.15) is 42.1 Å². The maximum absolute atomic E-state index is 12.7. The number of amides is 1. The van der Waals surface area contributed by atoms with Crippen LogP contribution in [-0.2, 0) is 4.74 Å². The van der Waals surface area contributed by atoms with E-state index in [4.69, 9.17) is 9.15 Å². The van der Waals surface area contributed by atoms with Crippen LogP contribution in [-0.4, -0.2) is 60.5 Å². The molecular weight excluding hydrogens is 270 g/mol. The van der Waals surface area contributed by atoms with Crippen molar-refractivity contribution < 1.29 is 13.9 Å². The molecule has 2 saturated heterocycles. The molecule has 21 heavy (non-hydrogen) atoms. The van der Waals surface area contributed by atoms with Crippen molar-refractivity contribution in [2.24, 2.45) is 5.92 Å². The van der Waals surface area contributed by atoms with Gasteiger partial charge in [-0.25, -0.2) is 4.98 Å². The zero-order chi connectivity index (χ0) is 15.0. The van der Waals surface area contributed by atoms with E-state index in [1.165, 1.54) is 6.39 Å². The summed E-state index contributed by atoms with van der Waals surface area (Å²) in [7, 11) is 4.12. The van der Waals surface area contributed by atoms with Crippen molar-refractivity contribution in [1.29, 1.82) is 0 Å². The Bertz CT molecular complexity index is 508. The van der Waals surface area contributed by atoms with Crippen LogP contribution in [0.2, 0.25) is 0 Å². The van der Waals surface area contributed by atoms with Crippen LogP contribution in [0.4, 0.5) is 0 Å². The van der Waals surface area contributed by atoms with Gasteiger partial charge in [-0.05, 0) is 32.9 Å². The van der Waals surface area contributed by atoms with Gasteiger partial charge in [0.1, 0.15) is 6.10 Å². The number of likely N-dealkylation sites (tertiary alicyclic amines) is 1. The minimum atomic E-state index is -0.115. The molecule has 2 aliphatic heterocycles. The summed E-state index contributed by atoms with van der Waals surface area (Å²) in [6.07, 6.45) is 3.14. The molecule has 3 rings (SSSR count). The van der Waals surface area contributed by atoms with Gasteiger partial charge in [0.2, 0.25) is 0 Å². The van der Waals surface area contributed by atoms with Crippen molar-refractivity contribution in [1.82, 2.24) is 14.8 Å². The molecule has 0 N–H and O–H groups in total. The molecule has 0 bridgehead atoms. The molecule has 1 aromatic heterocycles. The van der Waals surface area contributed by atoms with E-state index in [0.717, 1.165) is 32.5 Å². The van der Waals surface area contributed by atoms with Crippen LogP contribution in [0, 0.1) is 5.92 Å². The monoisotopic (exact) mass is 293 g/mol. The van der Waals surface area contributed by atoms with E-state index >= 15 is 0 Å². The third kappa shape index (κ3) is 2.70. The predicted octanol–water partition coefficient (Wildman–Crippen LogP) is 1.55. The zero-order valence-electron chi connectivity index (χ0n) is 12.9. The van der Waals surface area contributed by atoms with E-state index in [1.54, 1.807) is 0 Å². The molecular formula is C15H23N3O3. The van der Waals surface area contributed by atoms with Gasteiger partial charge in [0, 0.05) is 25.7 Å². The van der Waals surface area contributed by atoms with Crippen LogP contribution in [0.5, 0.6) is 0 Å². The summed E-state index contributed by atoms with van der Waals surface area (Å²) >= 11 is 0. The molecule has 3 heterocycles. The lowest BCUT2D eigenvalue weighted by Gasteiger charge is -2.22. The highest BCUT2D eigenvalue weighted by Crippen LogP contribution is 2.31. The lowest BCUT2D eigenvalue weighted by atomic mass is 10.1. The highest BCUT2D eigenvalue weighted by molar-refractivity contribution is 5.93. The SMILES string of the molecule is C[C@@H]1CN(C(=O)c2ncoc2[C@H]2CCCO2)C[C@@H]1N(C)C. The van der Waals surface area contributed by atoms with Gasteiger partial charge in [-0.1, -0.05) is 6.92 Å². The van der Waals surface area contributed by atoms with Gasteiger partial charge in [0.15, 0.2) is 17.8 Å². The Balaban J connectivity index is 1.76. The summed E-state index contributed by atoms with van der Waals surface area (Å²) in [5.74, 6) is 1.02.